The highest BCUT2D eigenvalue weighted by atomic mass is 32.2. The van der Waals surface area contributed by atoms with Crippen LogP contribution in [0.4, 0.5) is 4.79 Å². The predicted octanol–water partition coefficient (Wildman–Crippen LogP) is 2.38. The lowest BCUT2D eigenvalue weighted by molar-refractivity contribution is 0.0830. The number of piperazine rings is 1. The van der Waals surface area contributed by atoms with Crippen molar-refractivity contribution in [2.24, 2.45) is 0 Å². The highest BCUT2D eigenvalue weighted by molar-refractivity contribution is 7.91. The fourth-order valence-corrected chi connectivity index (χ4v) is 5.59. The average Bonchev–Trinajstić information content (AvgIpc) is 2.95. The molecule has 2 aliphatic heterocycles. The van der Waals surface area contributed by atoms with Crippen molar-refractivity contribution in [2.45, 2.75) is 56.0 Å². The predicted molar refractivity (Wildman–Crippen MR) is 111 cm³/mol. The van der Waals surface area contributed by atoms with Gasteiger partial charge in [-0.2, -0.15) is 5.26 Å². The molecule has 3 rings (SSSR count). The van der Waals surface area contributed by atoms with Crippen molar-refractivity contribution < 1.29 is 13.2 Å². The first kappa shape index (κ1) is 21.6. The smallest absolute Gasteiger partial charge is 0.317 e. The number of rotatable bonds is 8. The molecule has 0 aromatic heterocycles. The molecular formula is C21H30N4O3S. The van der Waals surface area contributed by atoms with Gasteiger partial charge in [0.2, 0.25) is 0 Å². The average molecular weight is 419 g/mol. The number of carbonyl (C=O) groups is 1. The van der Waals surface area contributed by atoms with E-state index >= 15 is 0 Å². The van der Waals surface area contributed by atoms with E-state index in [9.17, 15) is 13.2 Å². The van der Waals surface area contributed by atoms with Gasteiger partial charge >= 0.3 is 6.03 Å². The monoisotopic (exact) mass is 418 g/mol. The minimum atomic E-state index is -3.35. The quantitative estimate of drug-likeness (QED) is 0.654. The number of hydrogen-bond donors (Lipinski definition) is 1. The van der Waals surface area contributed by atoms with Crippen LogP contribution in [0, 0.1) is 11.3 Å². The number of hydrogen-bond acceptors (Lipinski definition) is 5. The van der Waals surface area contributed by atoms with Crippen LogP contribution < -0.4 is 5.32 Å². The molecule has 29 heavy (non-hydrogen) atoms. The first-order chi connectivity index (χ1) is 13.9. The molecule has 2 amide bonds. The molecule has 2 saturated heterocycles. The molecule has 8 heteroatoms. The summed E-state index contributed by atoms with van der Waals surface area (Å²) in [5, 5.41) is 11.8. The molecule has 2 unspecified atom stereocenters. The number of benzene rings is 1. The van der Waals surface area contributed by atoms with Crippen LogP contribution in [0.25, 0.3) is 0 Å². The lowest BCUT2D eigenvalue weighted by Crippen LogP contribution is -2.57. The van der Waals surface area contributed by atoms with Crippen LogP contribution in [0.1, 0.15) is 44.6 Å². The number of unbranched alkanes of at least 4 members (excludes halogenated alkanes) is 1. The van der Waals surface area contributed by atoms with E-state index in [4.69, 9.17) is 5.26 Å². The van der Waals surface area contributed by atoms with Gasteiger partial charge in [0.05, 0.1) is 22.3 Å². The van der Waals surface area contributed by atoms with E-state index in [2.05, 4.69) is 17.1 Å². The standard InChI is InChI=1S/C21H30N4O3S/c1-2-3-11-23-21(26)24-15-18-7-8-19(16-24)25(18)12-4-13-29(27,28)20-9-5-17(14-22)6-10-20/h5-6,9-10,18-19H,2-4,7-8,11-13,15-16H2,1H3,(H,23,26). The first-order valence-electron chi connectivity index (χ1n) is 10.5. The van der Waals surface area contributed by atoms with Crippen molar-refractivity contribution in [1.29, 1.82) is 5.26 Å². The van der Waals surface area contributed by atoms with Gasteiger partial charge in [-0.25, -0.2) is 13.2 Å². The molecule has 2 fully saturated rings. The molecule has 158 valence electrons. The van der Waals surface area contributed by atoms with Crippen molar-refractivity contribution in [3.63, 3.8) is 0 Å². The third-order valence-electron chi connectivity index (χ3n) is 5.90. The van der Waals surface area contributed by atoms with Gasteiger partial charge < -0.3 is 10.2 Å². The van der Waals surface area contributed by atoms with Crippen molar-refractivity contribution >= 4 is 15.9 Å². The van der Waals surface area contributed by atoms with E-state index in [1.165, 1.54) is 24.3 Å². The highest BCUT2D eigenvalue weighted by Crippen LogP contribution is 2.30. The normalized spacial score (nSPS) is 21.7. The molecule has 1 aromatic carbocycles. The van der Waals surface area contributed by atoms with Gasteiger partial charge in [0.15, 0.2) is 9.84 Å². The van der Waals surface area contributed by atoms with E-state index in [1.807, 2.05) is 11.0 Å². The van der Waals surface area contributed by atoms with Gasteiger partial charge in [-0.1, -0.05) is 13.3 Å². The van der Waals surface area contributed by atoms with Crippen LogP contribution in [0.2, 0.25) is 0 Å². The molecule has 0 spiro atoms. The van der Waals surface area contributed by atoms with E-state index < -0.39 is 9.84 Å². The molecule has 1 N–H and O–H groups in total. The number of nitriles is 1. The van der Waals surface area contributed by atoms with Crippen LogP contribution in [0.5, 0.6) is 0 Å². The molecule has 0 radical (unpaired) electrons. The lowest BCUT2D eigenvalue weighted by atomic mass is 10.2. The van der Waals surface area contributed by atoms with Gasteiger partial charge in [-0.05, 0) is 56.5 Å². The summed E-state index contributed by atoms with van der Waals surface area (Å²) in [7, 11) is -3.35. The minimum Gasteiger partial charge on any atom is -0.338 e. The molecule has 2 atom stereocenters. The SMILES string of the molecule is CCCCNC(=O)N1CC2CCC(C1)N2CCCS(=O)(=O)c1ccc(C#N)cc1. The summed E-state index contributed by atoms with van der Waals surface area (Å²) < 4.78 is 25.1. The molecule has 0 saturated carbocycles. The number of likely N-dealkylation sites (tertiary alicyclic amines) is 1. The van der Waals surface area contributed by atoms with E-state index in [-0.39, 0.29) is 16.7 Å². The second kappa shape index (κ2) is 9.59. The second-order valence-corrected chi connectivity index (χ2v) is 10.0. The zero-order chi connectivity index (χ0) is 20.9. The molecule has 2 heterocycles. The summed E-state index contributed by atoms with van der Waals surface area (Å²) in [6.45, 7) is 4.99. The van der Waals surface area contributed by atoms with Crippen LogP contribution in [-0.2, 0) is 9.84 Å². The Morgan fingerprint density at radius 1 is 1.17 bits per heavy atom. The third kappa shape index (κ3) is 5.28. The summed E-state index contributed by atoms with van der Waals surface area (Å²) in [6.07, 6.45) is 4.74. The molecule has 0 aliphatic carbocycles. The molecule has 2 aliphatic rings. The summed E-state index contributed by atoms with van der Waals surface area (Å²) in [5.74, 6) is 0.0933. The fraction of sp³-hybridized carbons (Fsp3) is 0.619. The Hall–Kier alpha value is -2.11. The van der Waals surface area contributed by atoms with Crippen LogP contribution in [-0.4, -0.2) is 68.3 Å². The molecular weight excluding hydrogens is 388 g/mol. The van der Waals surface area contributed by atoms with E-state index in [1.54, 1.807) is 0 Å². The maximum Gasteiger partial charge on any atom is 0.317 e. The minimum absolute atomic E-state index is 0.0263. The summed E-state index contributed by atoms with van der Waals surface area (Å²) in [4.78, 5) is 16.9. The van der Waals surface area contributed by atoms with E-state index in [0.29, 0.717) is 24.1 Å². The van der Waals surface area contributed by atoms with Gasteiger partial charge in [0, 0.05) is 31.7 Å². The van der Waals surface area contributed by atoms with Crippen LogP contribution in [0.3, 0.4) is 0 Å². The lowest BCUT2D eigenvalue weighted by Gasteiger charge is -2.41. The summed E-state index contributed by atoms with van der Waals surface area (Å²) in [5.41, 5.74) is 0.456. The zero-order valence-electron chi connectivity index (χ0n) is 17.0. The zero-order valence-corrected chi connectivity index (χ0v) is 17.8. The third-order valence-corrected chi connectivity index (χ3v) is 7.72. The van der Waals surface area contributed by atoms with Crippen molar-refractivity contribution in [1.82, 2.24) is 15.1 Å². The Balaban J connectivity index is 1.49. The Labute approximate surface area is 173 Å². The Morgan fingerprint density at radius 3 is 2.41 bits per heavy atom. The molecule has 1 aromatic rings. The maximum absolute atomic E-state index is 12.6. The topological polar surface area (TPSA) is 93.5 Å². The highest BCUT2D eigenvalue weighted by Gasteiger charge is 2.40. The van der Waals surface area contributed by atoms with E-state index in [0.717, 1.165) is 51.9 Å². The number of carbonyl (C=O) groups excluding carboxylic acids is 1. The first-order valence-corrected chi connectivity index (χ1v) is 12.1. The molecule has 2 bridgehead atoms. The largest absolute Gasteiger partial charge is 0.338 e. The Morgan fingerprint density at radius 2 is 1.83 bits per heavy atom. The molecule has 7 nitrogen and oxygen atoms in total. The summed E-state index contributed by atoms with van der Waals surface area (Å²) >= 11 is 0. The van der Waals surface area contributed by atoms with Gasteiger partial charge in [0.25, 0.3) is 0 Å². The number of amides is 2. The van der Waals surface area contributed by atoms with Crippen LogP contribution in [0.15, 0.2) is 29.2 Å². The fourth-order valence-electron chi connectivity index (χ4n) is 4.30. The number of nitrogens with zero attached hydrogens (tertiary/aromatic N) is 3. The number of urea groups is 1. The van der Waals surface area contributed by atoms with Crippen LogP contribution >= 0.6 is 0 Å². The van der Waals surface area contributed by atoms with Crippen molar-refractivity contribution in [3.05, 3.63) is 29.8 Å². The van der Waals surface area contributed by atoms with Gasteiger partial charge in [-0.15, -0.1) is 0 Å². The summed E-state index contributed by atoms with van der Waals surface area (Å²) in [6, 6.07) is 8.77. The Kier molecular flexibility index (Phi) is 7.14. The van der Waals surface area contributed by atoms with Gasteiger partial charge in [-0.3, -0.25) is 4.90 Å². The second-order valence-electron chi connectivity index (χ2n) is 7.92. The number of sulfone groups is 1. The van der Waals surface area contributed by atoms with Crippen molar-refractivity contribution in [3.8, 4) is 6.07 Å². The number of nitrogens with one attached hydrogen (secondary N) is 1. The maximum atomic E-state index is 12.6. The Bertz CT molecular complexity index is 834. The number of fused-ring (bicyclic) bond motifs is 2. The van der Waals surface area contributed by atoms with Crippen molar-refractivity contribution in [2.75, 3.05) is 31.9 Å². The van der Waals surface area contributed by atoms with Gasteiger partial charge in [0.1, 0.15) is 0 Å².